The van der Waals surface area contributed by atoms with E-state index in [4.69, 9.17) is 0 Å². The lowest BCUT2D eigenvalue weighted by molar-refractivity contribution is 0.134. The number of aromatic hydroxyl groups is 2. The zero-order valence-electron chi connectivity index (χ0n) is 13.3. The molecule has 1 fully saturated rings. The van der Waals surface area contributed by atoms with Gasteiger partial charge < -0.3 is 15.5 Å². The predicted octanol–water partition coefficient (Wildman–Crippen LogP) is 3.01. The number of nitrogens with zero attached hydrogens (tertiary/aromatic N) is 1. The number of hydrogen-bond acceptors (Lipinski definition) is 4. The second-order valence-electron chi connectivity index (χ2n) is 6.32. The minimum Gasteiger partial charge on any atom is -0.507 e. The van der Waals surface area contributed by atoms with E-state index in [-0.39, 0.29) is 17.5 Å². The fourth-order valence-electron chi connectivity index (χ4n) is 3.29. The molecular weight excluding hydrogens is 264 g/mol. The summed E-state index contributed by atoms with van der Waals surface area (Å²) >= 11 is 0. The molecule has 2 atom stereocenters. The summed E-state index contributed by atoms with van der Waals surface area (Å²) in [6, 6.07) is 5.78. The molecule has 118 valence electrons. The predicted molar refractivity (Wildman–Crippen MR) is 85.7 cm³/mol. The van der Waals surface area contributed by atoms with Crippen LogP contribution in [0.4, 0.5) is 0 Å². The van der Waals surface area contributed by atoms with Crippen molar-refractivity contribution < 1.29 is 10.2 Å². The number of phenolic OH excluding ortho intramolecular Hbond substituents is 2. The Hall–Kier alpha value is -1.26. The van der Waals surface area contributed by atoms with Crippen LogP contribution in [0.1, 0.15) is 51.6 Å². The van der Waals surface area contributed by atoms with Crippen molar-refractivity contribution >= 4 is 0 Å². The highest BCUT2D eigenvalue weighted by molar-refractivity contribution is 5.45. The molecule has 0 bridgehead atoms. The van der Waals surface area contributed by atoms with E-state index in [1.807, 2.05) is 0 Å². The Morgan fingerprint density at radius 1 is 1.19 bits per heavy atom. The van der Waals surface area contributed by atoms with E-state index < -0.39 is 0 Å². The van der Waals surface area contributed by atoms with Gasteiger partial charge in [-0.1, -0.05) is 12.5 Å². The highest BCUT2D eigenvalue weighted by atomic mass is 16.3. The molecular formula is C17H28N2O2. The van der Waals surface area contributed by atoms with Crippen molar-refractivity contribution in [2.45, 2.75) is 58.2 Å². The molecule has 0 amide bonds. The van der Waals surface area contributed by atoms with Crippen LogP contribution in [0.3, 0.4) is 0 Å². The summed E-state index contributed by atoms with van der Waals surface area (Å²) in [5.41, 5.74) is 0.627. The highest BCUT2D eigenvalue weighted by Crippen LogP contribution is 2.36. The lowest BCUT2D eigenvalue weighted by atomic mass is 9.99. The van der Waals surface area contributed by atoms with Gasteiger partial charge in [0.1, 0.15) is 11.5 Å². The summed E-state index contributed by atoms with van der Waals surface area (Å²) in [5, 5.41) is 23.8. The summed E-state index contributed by atoms with van der Waals surface area (Å²) in [6.45, 7) is 8.41. The van der Waals surface area contributed by atoms with Crippen LogP contribution in [0, 0.1) is 0 Å². The Labute approximate surface area is 127 Å². The standard InChI is InChI=1S/C17H28N2O2/c1-12(2)19(11-14-7-4-5-10-18-14)13(3)17-15(20)8-6-9-16(17)21/h6,8-9,12-14,18,20-21H,4-5,7,10-11H2,1-3H3. The molecule has 2 rings (SSSR count). The molecule has 1 aliphatic heterocycles. The van der Waals surface area contributed by atoms with Crippen LogP contribution in [-0.2, 0) is 0 Å². The molecule has 4 heteroatoms. The normalized spacial score (nSPS) is 20.9. The second kappa shape index (κ2) is 7.14. The Bertz CT molecular complexity index is 436. The summed E-state index contributed by atoms with van der Waals surface area (Å²) in [6.07, 6.45) is 3.73. The van der Waals surface area contributed by atoms with E-state index in [0.717, 1.165) is 13.1 Å². The van der Waals surface area contributed by atoms with Gasteiger partial charge in [0.15, 0.2) is 0 Å². The Kier molecular flexibility index (Phi) is 5.48. The SMILES string of the molecule is CC(C)N(CC1CCCCN1)C(C)c1c(O)cccc1O. The molecule has 1 heterocycles. The minimum atomic E-state index is -0.0186. The van der Waals surface area contributed by atoms with E-state index >= 15 is 0 Å². The highest BCUT2D eigenvalue weighted by Gasteiger charge is 2.26. The molecule has 2 unspecified atom stereocenters. The van der Waals surface area contributed by atoms with Crippen molar-refractivity contribution in [3.05, 3.63) is 23.8 Å². The van der Waals surface area contributed by atoms with Crippen molar-refractivity contribution in [3.8, 4) is 11.5 Å². The van der Waals surface area contributed by atoms with Gasteiger partial charge in [-0.2, -0.15) is 0 Å². The third-order valence-corrected chi connectivity index (χ3v) is 4.48. The second-order valence-corrected chi connectivity index (χ2v) is 6.32. The summed E-state index contributed by atoms with van der Waals surface area (Å²) in [5.74, 6) is 0.342. The maximum atomic E-state index is 10.1. The van der Waals surface area contributed by atoms with Gasteiger partial charge in [0.2, 0.25) is 0 Å². The van der Waals surface area contributed by atoms with Crippen molar-refractivity contribution in [2.24, 2.45) is 0 Å². The van der Waals surface area contributed by atoms with Gasteiger partial charge in [0.25, 0.3) is 0 Å². The first-order valence-corrected chi connectivity index (χ1v) is 8.00. The molecule has 0 spiro atoms. The minimum absolute atomic E-state index is 0.0186. The van der Waals surface area contributed by atoms with Crippen LogP contribution in [0.2, 0.25) is 0 Å². The topological polar surface area (TPSA) is 55.7 Å². The van der Waals surface area contributed by atoms with E-state index in [1.54, 1.807) is 18.2 Å². The van der Waals surface area contributed by atoms with Crippen LogP contribution in [0.25, 0.3) is 0 Å². The van der Waals surface area contributed by atoms with Crippen LogP contribution in [-0.4, -0.2) is 40.3 Å². The molecule has 0 saturated carbocycles. The van der Waals surface area contributed by atoms with Gasteiger partial charge in [-0.05, 0) is 52.3 Å². The third-order valence-electron chi connectivity index (χ3n) is 4.48. The number of phenols is 2. The molecule has 0 radical (unpaired) electrons. The zero-order chi connectivity index (χ0) is 15.4. The van der Waals surface area contributed by atoms with Gasteiger partial charge in [-0.3, -0.25) is 4.90 Å². The molecule has 0 aromatic heterocycles. The Balaban J connectivity index is 2.16. The molecule has 21 heavy (non-hydrogen) atoms. The van der Waals surface area contributed by atoms with Crippen LogP contribution in [0.15, 0.2) is 18.2 Å². The maximum absolute atomic E-state index is 10.1. The van der Waals surface area contributed by atoms with E-state index in [1.165, 1.54) is 19.3 Å². The fourth-order valence-corrected chi connectivity index (χ4v) is 3.29. The van der Waals surface area contributed by atoms with E-state index in [9.17, 15) is 10.2 Å². The first-order valence-electron chi connectivity index (χ1n) is 8.00. The summed E-state index contributed by atoms with van der Waals surface area (Å²) in [7, 11) is 0. The van der Waals surface area contributed by atoms with Gasteiger partial charge in [-0.15, -0.1) is 0 Å². The number of piperidine rings is 1. The molecule has 1 aromatic rings. The van der Waals surface area contributed by atoms with Gasteiger partial charge in [0, 0.05) is 24.7 Å². The van der Waals surface area contributed by atoms with Gasteiger partial charge in [-0.25, -0.2) is 0 Å². The quantitative estimate of drug-likeness (QED) is 0.781. The lowest BCUT2D eigenvalue weighted by Gasteiger charge is -2.37. The zero-order valence-corrected chi connectivity index (χ0v) is 13.3. The Morgan fingerprint density at radius 3 is 2.38 bits per heavy atom. The van der Waals surface area contributed by atoms with E-state index in [2.05, 4.69) is 31.0 Å². The summed E-state index contributed by atoms with van der Waals surface area (Å²) < 4.78 is 0. The maximum Gasteiger partial charge on any atom is 0.124 e. The van der Waals surface area contributed by atoms with E-state index in [0.29, 0.717) is 17.6 Å². The fraction of sp³-hybridized carbons (Fsp3) is 0.647. The summed E-state index contributed by atoms with van der Waals surface area (Å²) in [4.78, 5) is 2.34. The largest absolute Gasteiger partial charge is 0.507 e. The average Bonchev–Trinajstić information content (AvgIpc) is 2.45. The van der Waals surface area contributed by atoms with Crippen molar-refractivity contribution in [2.75, 3.05) is 13.1 Å². The number of benzene rings is 1. The van der Waals surface area contributed by atoms with Crippen molar-refractivity contribution in [1.29, 1.82) is 0 Å². The average molecular weight is 292 g/mol. The smallest absolute Gasteiger partial charge is 0.124 e. The molecule has 1 saturated heterocycles. The first kappa shape index (κ1) is 16.1. The third kappa shape index (κ3) is 3.89. The van der Waals surface area contributed by atoms with Crippen molar-refractivity contribution in [3.63, 3.8) is 0 Å². The van der Waals surface area contributed by atoms with Crippen LogP contribution >= 0.6 is 0 Å². The Morgan fingerprint density at radius 2 is 1.86 bits per heavy atom. The molecule has 4 nitrogen and oxygen atoms in total. The monoisotopic (exact) mass is 292 g/mol. The van der Waals surface area contributed by atoms with Gasteiger partial charge >= 0.3 is 0 Å². The lowest BCUT2D eigenvalue weighted by Crippen LogP contribution is -2.46. The molecule has 0 aliphatic carbocycles. The number of hydrogen-bond donors (Lipinski definition) is 3. The van der Waals surface area contributed by atoms with Crippen molar-refractivity contribution in [1.82, 2.24) is 10.2 Å². The first-order chi connectivity index (χ1) is 10.0. The molecule has 3 N–H and O–H groups in total. The van der Waals surface area contributed by atoms with Gasteiger partial charge in [0.05, 0.1) is 5.56 Å². The van der Waals surface area contributed by atoms with Crippen LogP contribution < -0.4 is 5.32 Å². The number of nitrogens with one attached hydrogen (secondary N) is 1. The molecule has 1 aromatic carbocycles. The number of rotatable bonds is 5. The molecule has 1 aliphatic rings. The van der Waals surface area contributed by atoms with Crippen LogP contribution in [0.5, 0.6) is 11.5 Å².